The molecule has 0 N–H and O–H groups in total. The van der Waals surface area contributed by atoms with E-state index in [1.54, 1.807) is 18.3 Å². The molecular formula is C19H16ClF2N5. The molecule has 138 valence electrons. The maximum atomic E-state index is 14.0. The molecule has 0 saturated heterocycles. The van der Waals surface area contributed by atoms with Crippen LogP contribution < -0.4 is 4.90 Å². The van der Waals surface area contributed by atoms with Gasteiger partial charge in [-0.25, -0.2) is 15.0 Å². The van der Waals surface area contributed by atoms with Crippen molar-refractivity contribution in [2.75, 3.05) is 11.4 Å². The minimum atomic E-state index is -3.16. The highest BCUT2D eigenvalue weighted by atomic mass is 35.5. The normalized spacial score (nSPS) is 24.6. The van der Waals surface area contributed by atoms with E-state index in [-0.39, 0.29) is 17.3 Å². The van der Waals surface area contributed by atoms with Gasteiger partial charge in [-0.15, -0.1) is 0 Å². The highest BCUT2D eigenvalue weighted by molar-refractivity contribution is 6.29. The zero-order valence-corrected chi connectivity index (χ0v) is 15.3. The number of anilines is 2. The topological polar surface area (TPSA) is 65.7 Å². The highest BCUT2D eigenvalue weighted by Gasteiger charge is 2.53. The molecule has 3 aliphatic rings. The van der Waals surface area contributed by atoms with Crippen LogP contribution in [0, 0.1) is 17.2 Å². The van der Waals surface area contributed by atoms with Crippen LogP contribution >= 0.6 is 11.6 Å². The summed E-state index contributed by atoms with van der Waals surface area (Å²) >= 11 is 6.10. The summed E-state index contributed by atoms with van der Waals surface area (Å²) in [5, 5.41) is 9.47. The van der Waals surface area contributed by atoms with E-state index >= 15 is 0 Å². The van der Waals surface area contributed by atoms with Crippen LogP contribution in [0.2, 0.25) is 5.15 Å². The van der Waals surface area contributed by atoms with Crippen molar-refractivity contribution in [3.8, 4) is 6.07 Å². The minimum absolute atomic E-state index is 0.0156. The number of nitriles is 1. The predicted octanol–water partition coefficient (Wildman–Crippen LogP) is 4.45. The zero-order chi connectivity index (χ0) is 19.0. The zero-order valence-electron chi connectivity index (χ0n) is 14.6. The molecule has 2 saturated carbocycles. The molecule has 0 aromatic carbocycles. The summed E-state index contributed by atoms with van der Waals surface area (Å²) in [6, 6.07) is 5.71. The number of alkyl halides is 2. The molecule has 0 bridgehead atoms. The van der Waals surface area contributed by atoms with E-state index in [4.69, 9.17) is 16.9 Å². The largest absolute Gasteiger partial charge is 0.325 e. The van der Waals surface area contributed by atoms with E-state index in [0.29, 0.717) is 29.6 Å². The molecule has 5 rings (SSSR count). The average Bonchev–Trinajstić information content (AvgIpc) is 3.52. The van der Waals surface area contributed by atoms with E-state index in [1.807, 2.05) is 4.90 Å². The molecule has 3 heterocycles. The fourth-order valence-electron chi connectivity index (χ4n) is 3.95. The second-order valence-electron chi connectivity index (χ2n) is 7.83. The van der Waals surface area contributed by atoms with Crippen molar-refractivity contribution >= 4 is 23.1 Å². The van der Waals surface area contributed by atoms with Gasteiger partial charge in [0.05, 0.1) is 23.4 Å². The minimum Gasteiger partial charge on any atom is -0.325 e. The van der Waals surface area contributed by atoms with Gasteiger partial charge in [-0.1, -0.05) is 11.6 Å². The molecule has 2 atom stereocenters. The van der Waals surface area contributed by atoms with Gasteiger partial charge in [-0.3, -0.25) is 0 Å². The van der Waals surface area contributed by atoms with E-state index in [1.165, 1.54) is 0 Å². The number of nitrogens with zero attached hydrogens (tertiary/aromatic N) is 5. The molecule has 5 nitrogen and oxygen atoms in total. The third-order valence-electron chi connectivity index (χ3n) is 5.76. The molecule has 1 aliphatic heterocycles. The standard InChI is InChI=1S/C19H16ClF2N5/c1-18(21,22)17-25-13(11-4-10(11)7-23)5-16(26-17)27-9-19(2-3-19)12-8-24-15(20)6-14(12)27/h5-6,8,10-11H,2-4,9H2,1H3. The van der Waals surface area contributed by atoms with Crippen molar-refractivity contribution < 1.29 is 8.78 Å². The van der Waals surface area contributed by atoms with Crippen LogP contribution in [-0.4, -0.2) is 21.5 Å². The first kappa shape index (κ1) is 16.8. The van der Waals surface area contributed by atoms with Gasteiger partial charge in [0.15, 0.2) is 0 Å². The average molecular weight is 388 g/mol. The summed E-state index contributed by atoms with van der Waals surface area (Å²) in [6.45, 7) is 1.47. The number of rotatable bonds is 3. The second-order valence-corrected chi connectivity index (χ2v) is 8.22. The van der Waals surface area contributed by atoms with Gasteiger partial charge >= 0.3 is 5.92 Å². The lowest BCUT2D eigenvalue weighted by Gasteiger charge is -2.21. The first-order valence-electron chi connectivity index (χ1n) is 8.91. The van der Waals surface area contributed by atoms with Gasteiger partial charge in [-0.2, -0.15) is 14.0 Å². The highest BCUT2D eigenvalue weighted by Crippen LogP contribution is 2.58. The van der Waals surface area contributed by atoms with Crippen LogP contribution in [0.1, 0.15) is 49.2 Å². The summed E-state index contributed by atoms with van der Waals surface area (Å²) in [7, 11) is 0. The SMILES string of the molecule is CC(F)(F)c1nc(C2CC2C#N)cc(N2CC3(CC3)c3cnc(Cl)cc32)n1. The molecule has 8 heteroatoms. The lowest BCUT2D eigenvalue weighted by molar-refractivity contribution is 0.00756. The molecular weight excluding hydrogens is 372 g/mol. The van der Waals surface area contributed by atoms with Crippen molar-refractivity contribution in [2.24, 2.45) is 5.92 Å². The lowest BCUT2D eigenvalue weighted by Crippen LogP contribution is -2.23. The fraction of sp³-hybridized carbons (Fsp3) is 0.474. The van der Waals surface area contributed by atoms with E-state index < -0.39 is 11.7 Å². The van der Waals surface area contributed by atoms with Crippen molar-refractivity contribution in [3.63, 3.8) is 0 Å². The third kappa shape index (κ3) is 2.66. The van der Waals surface area contributed by atoms with Gasteiger partial charge in [0, 0.05) is 42.6 Å². The Morgan fingerprint density at radius 2 is 2.11 bits per heavy atom. The number of hydrogen-bond donors (Lipinski definition) is 0. The van der Waals surface area contributed by atoms with Crippen LogP contribution in [0.3, 0.4) is 0 Å². The number of halogens is 3. The molecule has 2 aromatic rings. The van der Waals surface area contributed by atoms with Gasteiger partial charge in [0.1, 0.15) is 11.0 Å². The Morgan fingerprint density at radius 3 is 2.74 bits per heavy atom. The predicted molar refractivity (Wildman–Crippen MR) is 95.2 cm³/mol. The Balaban J connectivity index is 1.63. The molecule has 2 aliphatic carbocycles. The lowest BCUT2D eigenvalue weighted by atomic mass is 10.0. The van der Waals surface area contributed by atoms with Gasteiger partial charge in [0.25, 0.3) is 0 Å². The number of fused-ring (bicyclic) bond motifs is 2. The summed E-state index contributed by atoms with van der Waals surface area (Å²) in [5.41, 5.74) is 2.50. The molecule has 2 unspecified atom stereocenters. The monoisotopic (exact) mass is 387 g/mol. The molecule has 0 radical (unpaired) electrons. The fourth-order valence-corrected chi connectivity index (χ4v) is 4.10. The maximum absolute atomic E-state index is 14.0. The van der Waals surface area contributed by atoms with E-state index in [0.717, 1.165) is 31.0 Å². The van der Waals surface area contributed by atoms with E-state index in [2.05, 4.69) is 21.0 Å². The van der Waals surface area contributed by atoms with Crippen LogP contribution in [0.15, 0.2) is 18.3 Å². The third-order valence-corrected chi connectivity index (χ3v) is 5.97. The van der Waals surface area contributed by atoms with Crippen LogP contribution in [0.4, 0.5) is 20.3 Å². The summed E-state index contributed by atoms with van der Waals surface area (Å²) < 4.78 is 28.1. The first-order valence-corrected chi connectivity index (χ1v) is 9.29. The van der Waals surface area contributed by atoms with Crippen molar-refractivity contribution in [3.05, 3.63) is 40.6 Å². The van der Waals surface area contributed by atoms with Gasteiger partial charge in [-0.05, 0) is 25.3 Å². The second kappa shape index (κ2) is 5.35. The Bertz CT molecular complexity index is 993. The van der Waals surface area contributed by atoms with Crippen molar-refractivity contribution in [1.82, 2.24) is 15.0 Å². The molecule has 1 spiro atoms. The summed E-state index contributed by atoms with van der Waals surface area (Å²) in [4.78, 5) is 14.4. The summed E-state index contributed by atoms with van der Waals surface area (Å²) in [5.74, 6) is -3.48. The smallest absolute Gasteiger partial charge is 0.303 e. The van der Waals surface area contributed by atoms with E-state index in [9.17, 15) is 8.78 Å². The molecule has 0 amide bonds. The van der Waals surface area contributed by atoms with Crippen LogP contribution in [-0.2, 0) is 11.3 Å². The van der Waals surface area contributed by atoms with Gasteiger partial charge in [0.2, 0.25) is 5.82 Å². The Labute approximate surface area is 160 Å². The molecule has 2 aromatic heterocycles. The Morgan fingerprint density at radius 1 is 1.33 bits per heavy atom. The number of aromatic nitrogens is 3. The quantitative estimate of drug-likeness (QED) is 0.728. The van der Waals surface area contributed by atoms with Crippen LogP contribution in [0.5, 0.6) is 0 Å². The van der Waals surface area contributed by atoms with Gasteiger partial charge < -0.3 is 4.90 Å². The maximum Gasteiger partial charge on any atom is 0.303 e. The van der Waals surface area contributed by atoms with Crippen molar-refractivity contribution in [1.29, 1.82) is 5.26 Å². The van der Waals surface area contributed by atoms with Crippen molar-refractivity contribution in [2.45, 2.75) is 43.4 Å². The molecule has 2 fully saturated rings. The van der Waals surface area contributed by atoms with Crippen LogP contribution in [0.25, 0.3) is 0 Å². The Hall–Kier alpha value is -2.33. The Kier molecular flexibility index (Phi) is 3.33. The number of hydrogen-bond acceptors (Lipinski definition) is 5. The summed E-state index contributed by atoms with van der Waals surface area (Å²) in [6.07, 6.45) is 4.51. The number of pyridine rings is 1. The first-order chi connectivity index (χ1) is 12.8. The molecule has 27 heavy (non-hydrogen) atoms.